The molecule has 1 fully saturated rings. The van der Waals surface area contributed by atoms with Gasteiger partial charge < -0.3 is 4.90 Å². The minimum atomic E-state index is 0.853. The first-order valence-electron chi connectivity index (χ1n) is 5.85. The molecule has 3 nitrogen and oxygen atoms in total. The molecule has 0 bridgehead atoms. The largest absolute Gasteiger partial charge is 0.369 e. The fourth-order valence-electron chi connectivity index (χ4n) is 2.08. The summed E-state index contributed by atoms with van der Waals surface area (Å²) in [6.45, 7) is 9.90. The molecule has 0 aromatic heterocycles. The van der Waals surface area contributed by atoms with Gasteiger partial charge in [-0.3, -0.25) is 9.89 Å². The molecule has 0 atom stereocenters. The van der Waals surface area contributed by atoms with E-state index < -0.39 is 0 Å². The SMILES string of the molecule is C=NCCN1CCN(c2ccccc2)CC1. The Morgan fingerprint density at radius 2 is 1.75 bits per heavy atom. The van der Waals surface area contributed by atoms with Crippen molar-refractivity contribution < 1.29 is 0 Å². The van der Waals surface area contributed by atoms with E-state index in [1.807, 2.05) is 0 Å². The number of rotatable bonds is 4. The van der Waals surface area contributed by atoms with Gasteiger partial charge in [0.15, 0.2) is 0 Å². The Morgan fingerprint density at radius 3 is 2.38 bits per heavy atom. The van der Waals surface area contributed by atoms with Gasteiger partial charge in [0, 0.05) is 38.4 Å². The number of benzene rings is 1. The van der Waals surface area contributed by atoms with Crippen LogP contribution in [0.3, 0.4) is 0 Å². The topological polar surface area (TPSA) is 18.8 Å². The van der Waals surface area contributed by atoms with Crippen LogP contribution in [-0.2, 0) is 0 Å². The molecule has 0 amide bonds. The highest BCUT2D eigenvalue weighted by atomic mass is 15.3. The predicted octanol–water partition coefficient (Wildman–Crippen LogP) is 1.51. The van der Waals surface area contributed by atoms with E-state index in [1.54, 1.807) is 0 Å². The van der Waals surface area contributed by atoms with Crippen molar-refractivity contribution in [3.8, 4) is 0 Å². The Hall–Kier alpha value is -1.35. The molecule has 0 saturated carbocycles. The zero-order valence-electron chi connectivity index (χ0n) is 9.68. The first kappa shape index (κ1) is 11.1. The molecule has 1 heterocycles. The van der Waals surface area contributed by atoms with Gasteiger partial charge in [0.2, 0.25) is 0 Å². The minimum absolute atomic E-state index is 0.853. The molecule has 0 spiro atoms. The summed E-state index contributed by atoms with van der Waals surface area (Å²) >= 11 is 0. The summed E-state index contributed by atoms with van der Waals surface area (Å²) in [5.74, 6) is 0. The Labute approximate surface area is 97.4 Å². The number of nitrogens with zero attached hydrogens (tertiary/aromatic N) is 3. The first-order chi connectivity index (χ1) is 7.90. The molecule has 0 radical (unpaired) electrons. The Kier molecular flexibility index (Phi) is 3.94. The van der Waals surface area contributed by atoms with Gasteiger partial charge in [0.25, 0.3) is 0 Å². The molecule has 1 aromatic rings. The maximum atomic E-state index is 3.90. The number of piperazine rings is 1. The molecule has 1 aliphatic heterocycles. The first-order valence-corrected chi connectivity index (χ1v) is 5.85. The quantitative estimate of drug-likeness (QED) is 0.712. The molecule has 1 aromatic carbocycles. The zero-order valence-corrected chi connectivity index (χ0v) is 9.68. The fraction of sp³-hybridized carbons (Fsp3) is 0.462. The van der Waals surface area contributed by atoms with Crippen LogP contribution >= 0.6 is 0 Å². The lowest BCUT2D eigenvalue weighted by atomic mass is 10.2. The van der Waals surface area contributed by atoms with Crippen LogP contribution in [0, 0.1) is 0 Å². The third-order valence-electron chi connectivity index (χ3n) is 3.07. The van der Waals surface area contributed by atoms with Crippen molar-refractivity contribution in [1.29, 1.82) is 0 Å². The summed E-state index contributed by atoms with van der Waals surface area (Å²) in [5, 5.41) is 0. The van der Waals surface area contributed by atoms with Gasteiger partial charge in [-0.05, 0) is 18.9 Å². The van der Waals surface area contributed by atoms with Crippen molar-refractivity contribution in [2.24, 2.45) is 4.99 Å². The van der Waals surface area contributed by atoms with E-state index in [2.05, 4.69) is 51.8 Å². The van der Waals surface area contributed by atoms with Crippen molar-refractivity contribution >= 4 is 12.4 Å². The summed E-state index contributed by atoms with van der Waals surface area (Å²) in [6.07, 6.45) is 0. The molecule has 86 valence electrons. The van der Waals surface area contributed by atoms with E-state index >= 15 is 0 Å². The van der Waals surface area contributed by atoms with Crippen LogP contribution in [0.1, 0.15) is 0 Å². The molecule has 16 heavy (non-hydrogen) atoms. The molecular formula is C13H19N3. The third kappa shape index (κ3) is 2.83. The lowest BCUT2D eigenvalue weighted by Gasteiger charge is -2.35. The molecule has 1 saturated heterocycles. The Balaban J connectivity index is 1.83. The number of hydrogen-bond donors (Lipinski definition) is 0. The van der Waals surface area contributed by atoms with Gasteiger partial charge in [-0.1, -0.05) is 18.2 Å². The van der Waals surface area contributed by atoms with Crippen molar-refractivity contribution in [3.05, 3.63) is 30.3 Å². The zero-order chi connectivity index (χ0) is 11.2. The van der Waals surface area contributed by atoms with Crippen LogP contribution in [-0.4, -0.2) is 50.9 Å². The number of para-hydroxylation sites is 1. The van der Waals surface area contributed by atoms with Gasteiger partial charge in [0.05, 0.1) is 6.54 Å². The van der Waals surface area contributed by atoms with E-state index in [0.717, 1.165) is 39.3 Å². The van der Waals surface area contributed by atoms with Gasteiger partial charge >= 0.3 is 0 Å². The molecule has 0 unspecified atom stereocenters. The standard InChI is InChI=1S/C13H19N3/c1-14-7-8-15-9-11-16(12-10-15)13-5-3-2-4-6-13/h2-6H,1,7-12H2. The van der Waals surface area contributed by atoms with E-state index in [9.17, 15) is 0 Å². The summed E-state index contributed by atoms with van der Waals surface area (Å²) in [5.41, 5.74) is 1.34. The highest BCUT2D eigenvalue weighted by Crippen LogP contribution is 2.15. The second-order valence-electron chi connectivity index (χ2n) is 4.11. The fourth-order valence-corrected chi connectivity index (χ4v) is 2.08. The normalized spacial score (nSPS) is 17.4. The van der Waals surface area contributed by atoms with E-state index in [4.69, 9.17) is 0 Å². The number of anilines is 1. The summed E-state index contributed by atoms with van der Waals surface area (Å²) in [6, 6.07) is 10.6. The van der Waals surface area contributed by atoms with Gasteiger partial charge in [-0.25, -0.2) is 0 Å². The van der Waals surface area contributed by atoms with Crippen LogP contribution in [0.25, 0.3) is 0 Å². The highest BCUT2D eigenvalue weighted by Gasteiger charge is 2.15. The highest BCUT2D eigenvalue weighted by molar-refractivity contribution is 5.46. The van der Waals surface area contributed by atoms with Crippen molar-refractivity contribution in [2.75, 3.05) is 44.2 Å². The second-order valence-corrected chi connectivity index (χ2v) is 4.11. The molecule has 0 N–H and O–H groups in total. The van der Waals surface area contributed by atoms with Crippen LogP contribution in [0.15, 0.2) is 35.3 Å². The summed E-state index contributed by atoms with van der Waals surface area (Å²) in [4.78, 5) is 8.80. The lowest BCUT2D eigenvalue weighted by Crippen LogP contribution is -2.47. The minimum Gasteiger partial charge on any atom is -0.369 e. The maximum Gasteiger partial charge on any atom is 0.0509 e. The van der Waals surface area contributed by atoms with Gasteiger partial charge in [-0.15, -0.1) is 0 Å². The summed E-state index contributed by atoms with van der Waals surface area (Å²) < 4.78 is 0. The average molecular weight is 217 g/mol. The lowest BCUT2D eigenvalue weighted by molar-refractivity contribution is 0.265. The predicted molar refractivity (Wildman–Crippen MR) is 69.5 cm³/mol. The van der Waals surface area contributed by atoms with Crippen LogP contribution in [0.2, 0.25) is 0 Å². The van der Waals surface area contributed by atoms with Crippen molar-refractivity contribution in [2.45, 2.75) is 0 Å². The van der Waals surface area contributed by atoms with Gasteiger partial charge in [-0.2, -0.15) is 0 Å². The smallest absolute Gasteiger partial charge is 0.0509 e. The number of aliphatic imine (C=N–C) groups is 1. The van der Waals surface area contributed by atoms with Gasteiger partial charge in [0.1, 0.15) is 0 Å². The van der Waals surface area contributed by atoms with Crippen molar-refractivity contribution in [1.82, 2.24) is 4.90 Å². The molecular weight excluding hydrogens is 198 g/mol. The molecule has 0 aliphatic carbocycles. The van der Waals surface area contributed by atoms with Crippen molar-refractivity contribution in [3.63, 3.8) is 0 Å². The summed E-state index contributed by atoms with van der Waals surface area (Å²) in [7, 11) is 0. The Morgan fingerprint density at radius 1 is 1.06 bits per heavy atom. The molecule has 1 aliphatic rings. The third-order valence-corrected chi connectivity index (χ3v) is 3.07. The average Bonchev–Trinajstić information content (AvgIpc) is 2.38. The monoisotopic (exact) mass is 217 g/mol. The molecule has 2 rings (SSSR count). The number of hydrogen-bond acceptors (Lipinski definition) is 3. The van der Waals surface area contributed by atoms with E-state index in [1.165, 1.54) is 5.69 Å². The van der Waals surface area contributed by atoms with Crippen LogP contribution in [0.4, 0.5) is 5.69 Å². The van der Waals surface area contributed by atoms with E-state index in [0.29, 0.717) is 0 Å². The maximum absolute atomic E-state index is 3.90. The van der Waals surface area contributed by atoms with Crippen LogP contribution in [0.5, 0.6) is 0 Å². The Bertz CT molecular complexity index is 315. The van der Waals surface area contributed by atoms with E-state index in [-0.39, 0.29) is 0 Å². The second kappa shape index (κ2) is 5.66. The van der Waals surface area contributed by atoms with Crippen LogP contribution < -0.4 is 4.90 Å². The molecule has 3 heteroatoms.